The van der Waals surface area contributed by atoms with E-state index >= 15 is 0 Å². The first-order valence-electron chi connectivity index (χ1n) is 6.27. The fourth-order valence-electron chi connectivity index (χ4n) is 2.33. The molecule has 0 saturated carbocycles. The van der Waals surface area contributed by atoms with Gasteiger partial charge in [-0.2, -0.15) is 0 Å². The van der Waals surface area contributed by atoms with E-state index in [4.69, 9.17) is 9.72 Å². The number of fused-ring (bicyclic) bond motifs is 2. The Morgan fingerprint density at radius 1 is 1.11 bits per heavy atom. The number of rotatable bonds is 1. The number of para-hydroxylation sites is 2. The van der Waals surface area contributed by atoms with Crippen molar-refractivity contribution in [2.45, 2.75) is 0 Å². The molecule has 2 aromatic carbocycles. The summed E-state index contributed by atoms with van der Waals surface area (Å²) in [6.45, 7) is 1.56. The molecule has 1 aliphatic heterocycles. The van der Waals surface area contributed by atoms with Crippen molar-refractivity contribution in [2.75, 3.05) is 18.5 Å². The van der Waals surface area contributed by atoms with Crippen LogP contribution in [0.1, 0.15) is 0 Å². The molecule has 0 fully saturated rings. The minimum Gasteiger partial charge on any atom is -0.489 e. The predicted octanol–water partition coefficient (Wildman–Crippen LogP) is 3.77. The van der Waals surface area contributed by atoms with Crippen LogP contribution in [0, 0.1) is 0 Å². The van der Waals surface area contributed by atoms with Crippen LogP contribution in [-0.4, -0.2) is 18.1 Å². The molecule has 0 spiro atoms. The third-order valence-corrected chi connectivity index (χ3v) is 4.27. The van der Waals surface area contributed by atoms with Crippen LogP contribution in [-0.2, 0) is 0 Å². The maximum absolute atomic E-state index is 5.81. The summed E-state index contributed by atoms with van der Waals surface area (Å²) in [5, 5.41) is 4.37. The minimum absolute atomic E-state index is 0.703. The van der Waals surface area contributed by atoms with E-state index in [9.17, 15) is 0 Å². The van der Waals surface area contributed by atoms with Gasteiger partial charge in [-0.15, -0.1) is 11.3 Å². The van der Waals surface area contributed by atoms with E-state index in [2.05, 4.69) is 17.4 Å². The lowest BCUT2D eigenvalue weighted by atomic mass is 10.1. The summed E-state index contributed by atoms with van der Waals surface area (Å²) in [5.74, 6) is 0.924. The summed E-state index contributed by atoms with van der Waals surface area (Å²) in [4.78, 5) is 4.70. The molecule has 0 unspecified atom stereocenters. The van der Waals surface area contributed by atoms with Crippen LogP contribution < -0.4 is 10.1 Å². The maximum Gasteiger partial charge on any atom is 0.152 e. The van der Waals surface area contributed by atoms with Crippen molar-refractivity contribution in [1.29, 1.82) is 0 Å². The molecule has 0 aliphatic carbocycles. The number of hydrogen-bond acceptors (Lipinski definition) is 4. The maximum atomic E-state index is 5.81. The van der Waals surface area contributed by atoms with Crippen molar-refractivity contribution in [3.05, 3.63) is 42.5 Å². The van der Waals surface area contributed by atoms with E-state index in [1.807, 2.05) is 30.3 Å². The zero-order valence-corrected chi connectivity index (χ0v) is 11.0. The standard InChI is InChI=1S/C15H12N2OS/c1-2-7-13-11(5-1)17-15(19-13)10-4-3-6-12-14(10)18-9-8-16-12/h1-7,16H,8-9H2. The van der Waals surface area contributed by atoms with Gasteiger partial charge < -0.3 is 10.1 Å². The molecule has 0 saturated heterocycles. The summed E-state index contributed by atoms with van der Waals surface area (Å²) in [7, 11) is 0. The first kappa shape index (κ1) is 10.8. The molecule has 4 heteroatoms. The Balaban J connectivity index is 1.92. The molecule has 3 aromatic rings. The Morgan fingerprint density at radius 3 is 3.00 bits per heavy atom. The van der Waals surface area contributed by atoms with Gasteiger partial charge in [0.25, 0.3) is 0 Å². The van der Waals surface area contributed by atoms with Crippen molar-refractivity contribution in [3.63, 3.8) is 0 Å². The lowest BCUT2D eigenvalue weighted by Crippen LogP contribution is -2.18. The van der Waals surface area contributed by atoms with Gasteiger partial charge in [0.15, 0.2) is 5.75 Å². The summed E-state index contributed by atoms with van der Waals surface area (Å²) >= 11 is 1.70. The number of ether oxygens (including phenoxy) is 1. The van der Waals surface area contributed by atoms with Crippen LogP contribution in [0.3, 0.4) is 0 Å². The Morgan fingerprint density at radius 2 is 2.05 bits per heavy atom. The summed E-state index contributed by atoms with van der Waals surface area (Å²) in [5.41, 5.74) is 3.18. The molecular weight excluding hydrogens is 256 g/mol. The Bertz CT molecular complexity index is 718. The van der Waals surface area contributed by atoms with E-state index in [1.54, 1.807) is 11.3 Å². The Kier molecular flexibility index (Phi) is 2.42. The van der Waals surface area contributed by atoms with Crippen molar-refractivity contribution in [1.82, 2.24) is 4.98 Å². The van der Waals surface area contributed by atoms with Crippen LogP contribution >= 0.6 is 11.3 Å². The van der Waals surface area contributed by atoms with Gasteiger partial charge in [0.05, 0.1) is 21.5 Å². The second-order valence-electron chi connectivity index (χ2n) is 4.44. The van der Waals surface area contributed by atoms with Gasteiger partial charge >= 0.3 is 0 Å². The highest BCUT2D eigenvalue weighted by Crippen LogP contribution is 2.40. The van der Waals surface area contributed by atoms with Gasteiger partial charge in [-0.3, -0.25) is 0 Å². The number of nitrogens with zero attached hydrogens (tertiary/aromatic N) is 1. The molecular formula is C15H12N2OS. The molecule has 2 heterocycles. The predicted molar refractivity (Wildman–Crippen MR) is 79.0 cm³/mol. The number of hydrogen-bond donors (Lipinski definition) is 1. The van der Waals surface area contributed by atoms with Gasteiger partial charge in [0.2, 0.25) is 0 Å². The molecule has 4 rings (SSSR count). The second kappa shape index (κ2) is 4.24. The molecule has 0 bridgehead atoms. The quantitative estimate of drug-likeness (QED) is 0.729. The number of aromatic nitrogens is 1. The molecule has 1 aromatic heterocycles. The van der Waals surface area contributed by atoms with Crippen LogP contribution in [0.4, 0.5) is 5.69 Å². The van der Waals surface area contributed by atoms with Crippen molar-refractivity contribution in [2.24, 2.45) is 0 Å². The van der Waals surface area contributed by atoms with E-state index in [0.717, 1.165) is 34.1 Å². The third-order valence-electron chi connectivity index (χ3n) is 3.20. The highest BCUT2D eigenvalue weighted by atomic mass is 32.1. The van der Waals surface area contributed by atoms with E-state index in [1.165, 1.54) is 4.70 Å². The van der Waals surface area contributed by atoms with Gasteiger partial charge in [-0.1, -0.05) is 18.2 Å². The smallest absolute Gasteiger partial charge is 0.152 e. The highest BCUT2D eigenvalue weighted by Gasteiger charge is 2.17. The zero-order valence-electron chi connectivity index (χ0n) is 10.2. The zero-order chi connectivity index (χ0) is 12.7. The topological polar surface area (TPSA) is 34.1 Å². The van der Waals surface area contributed by atoms with Crippen molar-refractivity contribution < 1.29 is 4.74 Å². The van der Waals surface area contributed by atoms with Crippen LogP contribution in [0.5, 0.6) is 5.75 Å². The van der Waals surface area contributed by atoms with E-state index in [-0.39, 0.29) is 0 Å². The fraction of sp³-hybridized carbons (Fsp3) is 0.133. The van der Waals surface area contributed by atoms with E-state index < -0.39 is 0 Å². The average molecular weight is 268 g/mol. The average Bonchev–Trinajstić information content (AvgIpc) is 2.90. The number of anilines is 1. The number of thiazole rings is 1. The molecule has 0 radical (unpaired) electrons. The summed E-state index contributed by atoms with van der Waals surface area (Å²) < 4.78 is 7.02. The fourth-order valence-corrected chi connectivity index (χ4v) is 3.31. The molecule has 1 N–H and O–H groups in total. The number of nitrogens with one attached hydrogen (secondary N) is 1. The van der Waals surface area contributed by atoms with Crippen LogP contribution in [0.2, 0.25) is 0 Å². The lowest BCUT2D eigenvalue weighted by molar-refractivity contribution is 0.324. The largest absolute Gasteiger partial charge is 0.489 e. The monoisotopic (exact) mass is 268 g/mol. The molecule has 3 nitrogen and oxygen atoms in total. The van der Waals surface area contributed by atoms with Crippen molar-refractivity contribution >= 4 is 27.2 Å². The first-order chi connectivity index (χ1) is 9.42. The number of benzene rings is 2. The molecule has 1 aliphatic rings. The Labute approximate surface area is 114 Å². The van der Waals surface area contributed by atoms with Crippen LogP contribution in [0.25, 0.3) is 20.8 Å². The van der Waals surface area contributed by atoms with Gasteiger partial charge in [-0.05, 0) is 24.3 Å². The molecule has 19 heavy (non-hydrogen) atoms. The molecule has 0 amide bonds. The first-order valence-corrected chi connectivity index (χ1v) is 7.09. The van der Waals surface area contributed by atoms with Gasteiger partial charge in [-0.25, -0.2) is 4.98 Å². The third kappa shape index (κ3) is 1.76. The second-order valence-corrected chi connectivity index (χ2v) is 5.47. The Hall–Kier alpha value is -2.07. The van der Waals surface area contributed by atoms with Gasteiger partial charge in [0.1, 0.15) is 11.6 Å². The van der Waals surface area contributed by atoms with E-state index in [0.29, 0.717) is 6.61 Å². The van der Waals surface area contributed by atoms with Crippen molar-refractivity contribution in [3.8, 4) is 16.3 Å². The summed E-state index contributed by atoms with van der Waals surface area (Å²) in [6.07, 6.45) is 0. The minimum atomic E-state index is 0.703. The SMILES string of the molecule is c1cc2c(c(-c3nc4ccccc4s3)c1)OCCN2. The lowest BCUT2D eigenvalue weighted by Gasteiger charge is -2.20. The van der Waals surface area contributed by atoms with Gasteiger partial charge in [0, 0.05) is 6.54 Å². The molecule has 94 valence electrons. The summed E-state index contributed by atoms with van der Waals surface area (Å²) in [6, 6.07) is 14.4. The van der Waals surface area contributed by atoms with Crippen LogP contribution in [0.15, 0.2) is 42.5 Å². The highest BCUT2D eigenvalue weighted by molar-refractivity contribution is 7.21. The normalized spacial score (nSPS) is 13.7. The molecule has 0 atom stereocenters.